The Labute approximate surface area is 248 Å². The second-order valence-electron chi connectivity index (χ2n) is 12.0. The minimum absolute atomic E-state index is 0.0127. The average Bonchev–Trinajstić information content (AvgIpc) is 3.55. The zero-order valence-corrected chi connectivity index (χ0v) is 24.6. The van der Waals surface area contributed by atoms with E-state index >= 15 is 0 Å². The van der Waals surface area contributed by atoms with Gasteiger partial charge in [0.05, 0.1) is 11.7 Å². The number of benzene rings is 2. The lowest BCUT2D eigenvalue weighted by Crippen LogP contribution is -2.62. The van der Waals surface area contributed by atoms with Crippen molar-refractivity contribution in [3.05, 3.63) is 71.7 Å². The highest BCUT2D eigenvalue weighted by atomic mass is 16.6. The average molecular weight is 588 g/mol. The van der Waals surface area contributed by atoms with Crippen molar-refractivity contribution in [2.24, 2.45) is 0 Å². The number of aryl methyl sites for hydroxylation is 1. The van der Waals surface area contributed by atoms with Gasteiger partial charge in [-0.2, -0.15) is 4.98 Å². The number of rotatable bonds is 4. The van der Waals surface area contributed by atoms with Crippen molar-refractivity contribution < 1.29 is 32.6 Å². The molecule has 2 aromatic heterocycles. The Hall–Kier alpha value is -4.87. The molecule has 2 aromatic carbocycles. The molecule has 1 fully saturated rings. The van der Waals surface area contributed by atoms with Crippen molar-refractivity contribution in [1.29, 1.82) is 0 Å². The Balaban J connectivity index is 1.30. The van der Waals surface area contributed by atoms with E-state index in [0.29, 0.717) is 30.9 Å². The van der Waals surface area contributed by atoms with E-state index in [9.17, 15) is 9.59 Å². The number of nitrogens with zero attached hydrogens (tertiary/aromatic N) is 4. The number of hydrogen-bond donors (Lipinski definition) is 1. The first-order valence-electron chi connectivity index (χ1n) is 14.1. The summed E-state index contributed by atoms with van der Waals surface area (Å²) in [4.78, 5) is 32.4. The van der Waals surface area contributed by atoms with Gasteiger partial charge in [0.25, 0.3) is 5.89 Å². The minimum atomic E-state index is -0.849. The van der Waals surface area contributed by atoms with Crippen LogP contribution in [-0.4, -0.2) is 50.0 Å². The van der Waals surface area contributed by atoms with Crippen LogP contribution in [0.1, 0.15) is 57.6 Å². The van der Waals surface area contributed by atoms with E-state index in [4.69, 9.17) is 23.0 Å². The number of aromatic nitrogens is 3. The molecule has 0 spiro atoms. The lowest BCUT2D eigenvalue weighted by molar-refractivity contribution is -0.0118. The molecule has 1 N–H and O–H groups in total. The number of carbonyl (C=O) groups excluding carboxylic acids is 2. The van der Waals surface area contributed by atoms with Gasteiger partial charge in [-0.25, -0.2) is 14.9 Å². The second-order valence-corrected chi connectivity index (χ2v) is 12.0. The number of alkyl carbamates (subject to hydrolysis) is 1. The molecular formula is C31H33N5O7. The molecule has 4 bridgehead atoms. The fourth-order valence-corrected chi connectivity index (χ4v) is 5.47. The molecular weight excluding hydrogens is 554 g/mol. The van der Waals surface area contributed by atoms with Crippen molar-refractivity contribution in [2.75, 3.05) is 0 Å². The largest absolute Gasteiger partial charge is 0.490 e. The summed E-state index contributed by atoms with van der Waals surface area (Å²) >= 11 is 0. The number of carbonyl (C=O) groups is 2. The van der Waals surface area contributed by atoms with Crippen molar-refractivity contribution in [3.8, 4) is 29.2 Å². The van der Waals surface area contributed by atoms with Gasteiger partial charge in [0.2, 0.25) is 11.7 Å². The lowest BCUT2D eigenvalue weighted by atomic mass is 9.79. The maximum atomic E-state index is 13.9. The predicted molar refractivity (Wildman–Crippen MR) is 153 cm³/mol. The van der Waals surface area contributed by atoms with Crippen LogP contribution >= 0.6 is 0 Å². The van der Waals surface area contributed by atoms with Crippen molar-refractivity contribution in [1.82, 2.24) is 25.4 Å². The van der Waals surface area contributed by atoms with E-state index in [1.165, 1.54) is 6.20 Å². The molecule has 4 aromatic rings. The highest BCUT2D eigenvalue weighted by molar-refractivity contribution is 5.91. The summed E-state index contributed by atoms with van der Waals surface area (Å²) in [5, 5.41) is 10.2. The Morgan fingerprint density at radius 1 is 1.02 bits per heavy atom. The van der Waals surface area contributed by atoms with E-state index in [1.54, 1.807) is 44.7 Å². The third kappa shape index (κ3) is 6.04. The van der Waals surface area contributed by atoms with E-state index < -0.39 is 23.3 Å². The molecule has 3 amide bonds. The Morgan fingerprint density at radius 2 is 1.74 bits per heavy atom. The van der Waals surface area contributed by atoms with Crippen LogP contribution < -0.4 is 14.8 Å². The number of nitrogens with one attached hydrogen (secondary N) is 1. The summed E-state index contributed by atoms with van der Waals surface area (Å²) in [6, 6.07) is 14.6. The molecule has 5 aliphatic rings. The maximum absolute atomic E-state index is 13.9. The van der Waals surface area contributed by atoms with Gasteiger partial charge in [-0.05, 0) is 69.5 Å². The molecule has 1 atom stereocenters. The van der Waals surface area contributed by atoms with Crippen LogP contribution in [-0.2, 0) is 16.7 Å². The first-order valence-corrected chi connectivity index (χ1v) is 14.1. The monoisotopic (exact) mass is 587 g/mol. The number of hydrogen-bond acceptors (Lipinski definition) is 10. The van der Waals surface area contributed by atoms with E-state index in [2.05, 4.69) is 20.5 Å². The summed E-state index contributed by atoms with van der Waals surface area (Å²) < 4.78 is 28.4. The molecule has 1 unspecified atom stereocenters. The van der Waals surface area contributed by atoms with Crippen molar-refractivity contribution >= 4 is 12.1 Å². The van der Waals surface area contributed by atoms with Crippen LogP contribution in [0.5, 0.6) is 17.6 Å². The van der Waals surface area contributed by atoms with Crippen LogP contribution in [0, 0.1) is 6.92 Å². The van der Waals surface area contributed by atoms with Gasteiger partial charge in [0, 0.05) is 25.8 Å². The molecule has 12 heteroatoms. The van der Waals surface area contributed by atoms with Crippen molar-refractivity contribution in [2.45, 2.75) is 77.2 Å². The van der Waals surface area contributed by atoms with Gasteiger partial charge < -0.3 is 27.9 Å². The summed E-state index contributed by atoms with van der Waals surface area (Å²) in [7, 11) is 0. The summed E-state index contributed by atoms with van der Waals surface area (Å²) in [6.45, 7) is 8.94. The van der Waals surface area contributed by atoms with Crippen LogP contribution in [0.3, 0.4) is 0 Å². The normalized spacial score (nSPS) is 21.3. The van der Waals surface area contributed by atoms with Gasteiger partial charge in [-0.1, -0.05) is 24.3 Å². The zero-order valence-electron chi connectivity index (χ0n) is 24.6. The number of urea groups is 1. The topological polar surface area (TPSA) is 142 Å². The first-order chi connectivity index (χ1) is 20.4. The Kier molecular flexibility index (Phi) is 7.07. The van der Waals surface area contributed by atoms with Gasteiger partial charge in [-0.15, -0.1) is 10.2 Å². The molecule has 9 rings (SSSR count). The molecule has 4 aliphatic heterocycles. The SMILES string of the molecule is Cc1nnc(-c2cnc(Oc3ccc(C4(C)Cc5ccc(cc5)OC5CC(C5)N4C(=O)NC(=O)OC(C)(C)C)cc3)o2)o1. The Morgan fingerprint density at radius 3 is 2.40 bits per heavy atom. The summed E-state index contributed by atoms with van der Waals surface area (Å²) in [6.07, 6.45) is 2.38. The molecule has 0 radical (unpaired) electrons. The molecule has 0 saturated heterocycles. The second kappa shape index (κ2) is 10.8. The fraction of sp³-hybridized carbons (Fsp3) is 0.387. The van der Waals surface area contributed by atoms with Gasteiger partial charge in [-0.3, -0.25) is 0 Å². The number of imide groups is 1. The summed E-state index contributed by atoms with van der Waals surface area (Å²) in [5.41, 5.74) is 0.255. The van der Waals surface area contributed by atoms with Crippen LogP contribution in [0.15, 0.2) is 63.6 Å². The zero-order chi connectivity index (χ0) is 30.4. The number of amides is 3. The fourth-order valence-electron chi connectivity index (χ4n) is 5.47. The molecule has 1 aliphatic carbocycles. The summed E-state index contributed by atoms with van der Waals surface area (Å²) in [5.74, 6) is 2.18. The quantitative estimate of drug-likeness (QED) is 0.295. The number of ether oxygens (including phenoxy) is 3. The lowest BCUT2D eigenvalue weighted by Gasteiger charge is -2.50. The van der Waals surface area contributed by atoms with E-state index in [1.807, 2.05) is 43.3 Å². The molecule has 6 heterocycles. The first kappa shape index (κ1) is 28.3. The molecule has 12 nitrogen and oxygen atoms in total. The Bertz CT molecular complexity index is 1620. The van der Waals surface area contributed by atoms with Crippen molar-refractivity contribution in [3.63, 3.8) is 0 Å². The van der Waals surface area contributed by atoms with Gasteiger partial charge >= 0.3 is 18.2 Å². The van der Waals surface area contributed by atoms with Crippen LogP contribution in [0.2, 0.25) is 0 Å². The molecule has 1 saturated carbocycles. The standard InChI is InChI=1S/C31H33N5O7/c1-18-34-35-26(39-18)25-17-32-29(42-25)41-23-12-8-20(9-13-23)31(5)16-19-6-10-22(11-7-19)40-24-14-21(15-24)36(31)27(37)33-28(38)43-30(2,3)4/h6-13,17,21,24H,14-16H2,1-5H3,(H,33,37,38). The maximum Gasteiger partial charge on any atom is 0.415 e. The smallest absolute Gasteiger partial charge is 0.415 e. The molecule has 43 heavy (non-hydrogen) atoms. The van der Waals surface area contributed by atoms with Gasteiger partial charge in [0.1, 0.15) is 23.2 Å². The third-order valence-corrected chi connectivity index (χ3v) is 7.47. The van der Waals surface area contributed by atoms with Gasteiger partial charge in [0.15, 0.2) is 0 Å². The minimum Gasteiger partial charge on any atom is -0.490 e. The van der Waals surface area contributed by atoms with E-state index in [-0.39, 0.29) is 29.9 Å². The van der Waals surface area contributed by atoms with Crippen LogP contribution in [0.25, 0.3) is 11.7 Å². The predicted octanol–water partition coefficient (Wildman–Crippen LogP) is 6.15. The highest BCUT2D eigenvalue weighted by Gasteiger charge is 2.48. The number of oxazole rings is 1. The third-order valence-electron chi connectivity index (χ3n) is 7.47. The molecule has 224 valence electrons. The van der Waals surface area contributed by atoms with E-state index in [0.717, 1.165) is 16.9 Å². The highest BCUT2D eigenvalue weighted by Crippen LogP contribution is 2.42. The van der Waals surface area contributed by atoms with Crippen LogP contribution in [0.4, 0.5) is 9.59 Å².